The number of carboxylic acid groups (broad SMARTS) is 1. The Kier molecular flexibility index (Phi) is 5.45. The highest BCUT2D eigenvalue weighted by molar-refractivity contribution is 5.77. The molecule has 4 atom stereocenters. The van der Waals surface area contributed by atoms with Gasteiger partial charge in [0.1, 0.15) is 0 Å². The summed E-state index contributed by atoms with van der Waals surface area (Å²) in [4.78, 5) is 25.2. The predicted octanol–water partition coefficient (Wildman–Crippen LogP) is 1.57. The van der Waals surface area contributed by atoms with Crippen molar-refractivity contribution >= 4 is 12.0 Å². The molecule has 0 radical (unpaired) electrons. The zero-order chi connectivity index (χ0) is 15.4. The number of carboxylic acids is 1. The Bertz CT molecular complexity index is 388. The molecule has 2 saturated carbocycles. The minimum atomic E-state index is -0.833. The highest BCUT2D eigenvalue weighted by Crippen LogP contribution is 2.26. The van der Waals surface area contributed by atoms with Gasteiger partial charge in [-0.1, -0.05) is 25.7 Å². The van der Waals surface area contributed by atoms with Gasteiger partial charge >= 0.3 is 12.0 Å². The maximum atomic E-state index is 12.3. The molecule has 21 heavy (non-hydrogen) atoms. The van der Waals surface area contributed by atoms with Crippen LogP contribution in [0, 0.1) is 5.92 Å². The van der Waals surface area contributed by atoms with Gasteiger partial charge in [0.05, 0.1) is 18.1 Å². The SMILES string of the molecule is CN(C(=O)NC1CCCCC1C(=O)O)C1CCCCC1O. The number of aliphatic carboxylic acids is 1. The highest BCUT2D eigenvalue weighted by atomic mass is 16.4. The summed E-state index contributed by atoms with van der Waals surface area (Å²) >= 11 is 0. The van der Waals surface area contributed by atoms with Crippen molar-refractivity contribution in [2.45, 2.75) is 69.6 Å². The topological polar surface area (TPSA) is 89.9 Å². The fraction of sp³-hybridized carbons (Fsp3) is 0.867. The average molecular weight is 298 g/mol. The Morgan fingerprint density at radius 1 is 1.05 bits per heavy atom. The summed E-state index contributed by atoms with van der Waals surface area (Å²) in [6.45, 7) is 0. The van der Waals surface area contributed by atoms with Crippen LogP contribution in [-0.4, -0.2) is 52.3 Å². The summed E-state index contributed by atoms with van der Waals surface area (Å²) in [6.07, 6.45) is 6.25. The van der Waals surface area contributed by atoms with Crippen LogP contribution in [-0.2, 0) is 4.79 Å². The first-order valence-electron chi connectivity index (χ1n) is 7.95. The summed E-state index contributed by atoms with van der Waals surface area (Å²) in [7, 11) is 1.69. The molecule has 0 spiro atoms. The molecule has 2 aliphatic rings. The van der Waals surface area contributed by atoms with Crippen LogP contribution >= 0.6 is 0 Å². The van der Waals surface area contributed by atoms with Crippen molar-refractivity contribution in [1.29, 1.82) is 0 Å². The number of rotatable bonds is 3. The summed E-state index contributed by atoms with van der Waals surface area (Å²) in [5, 5.41) is 22.1. The standard InChI is InChI=1S/C15H26N2O4/c1-17(12-8-4-5-9-13(12)18)15(21)16-11-7-3-2-6-10(11)14(19)20/h10-13,18H,2-9H2,1H3,(H,16,21)(H,19,20). The van der Waals surface area contributed by atoms with Crippen molar-refractivity contribution in [3.05, 3.63) is 0 Å². The third-order valence-corrected chi connectivity index (χ3v) is 4.90. The molecule has 2 amide bonds. The molecule has 0 bridgehead atoms. The Morgan fingerprint density at radius 2 is 1.67 bits per heavy atom. The van der Waals surface area contributed by atoms with Crippen molar-refractivity contribution in [2.75, 3.05) is 7.05 Å². The minimum absolute atomic E-state index is 0.161. The summed E-state index contributed by atoms with van der Waals surface area (Å²) in [5.74, 6) is -1.33. The van der Waals surface area contributed by atoms with Gasteiger partial charge in [-0.05, 0) is 25.7 Å². The number of likely N-dealkylation sites (N-methyl/N-ethyl adjacent to an activating group) is 1. The molecule has 6 heteroatoms. The van der Waals surface area contributed by atoms with Gasteiger partial charge in [0.15, 0.2) is 0 Å². The minimum Gasteiger partial charge on any atom is -0.481 e. The van der Waals surface area contributed by atoms with E-state index in [1.807, 2.05) is 0 Å². The molecule has 4 unspecified atom stereocenters. The second-order valence-electron chi connectivity index (χ2n) is 6.32. The van der Waals surface area contributed by atoms with Crippen molar-refractivity contribution in [3.8, 4) is 0 Å². The van der Waals surface area contributed by atoms with E-state index in [2.05, 4.69) is 5.32 Å². The largest absolute Gasteiger partial charge is 0.481 e. The van der Waals surface area contributed by atoms with Crippen LogP contribution in [0.4, 0.5) is 4.79 Å². The molecule has 0 aliphatic heterocycles. The lowest BCUT2D eigenvalue weighted by atomic mass is 9.84. The van der Waals surface area contributed by atoms with Crippen molar-refractivity contribution in [1.82, 2.24) is 10.2 Å². The lowest BCUT2D eigenvalue weighted by molar-refractivity contribution is -0.143. The van der Waals surface area contributed by atoms with E-state index >= 15 is 0 Å². The van der Waals surface area contributed by atoms with Crippen LogP contribution in [0.1, 0.15) is 51.4 Å². The van der Waals surface area contributed by atoms with E-state index in [1.54, 1.807) is 11.9 Å². The monoisotopic (exact) mass is 298 g/mol. The van der Waals surface area contributed by atoms with Crippen molar-refractivity contribution in [2.24, 2.45) is 5.92 Å². The normalized spacial score (nSPS) is 33.2. The zero-order valence-corrected chi connectivity index (χ0v) is 12.6. The van der Waals surface area contributed by atoms with Crippen LogP contribution in [0.5, 0.6) is 0 Å². The predicted molar refractivity (Wildman–Crippen MR) is 77.9 cm³/mol. The Morgan fingerprint density at radius 3 is 2.33 bits per heavy atom. The number of nitrogens with zero attached hydrogens (tertiary/aromatic N) is 1. The van der Waals surface area contributed by atoms with E-state index in [0.29, 0.717) is 12.8 Å². The Hall–Kier alpha value is -1.30. The summed E-state index contributed by atoms with van der Waals surface area (Å²) < 4.78 is 0. The summed E-state index contributed by atoms with van der Waals surface area (Å²) in [5.41, 5.74) is 0. The fourth-order valence-corrected chi connectivity index (χ4v) is 3.55. The number of hydrogen-bond donors (Lipinski definition) is 3. The van der Waals surface area contributed by atoms with Gasteiger partial charge in [0, 0.05) is 13.1 Å². The van der Waals surface area contributed by atoms with E-state index in [0.717, 1.165) is 38.5 Å². The number of amides is 2. The lowest BCUT2D eigenvalue weighted by Crippen LogP contribution is -2.54. The molecule has 0 aromatic carbocycles. The third-order valence-electron chi connectivity index (χ3n) is 4.90. The number of aliphatic hydroxyl groups is 1. The molecule has 0 aromatic heterocycles. The average Bonchev–Trinajstić information content (AvgIpc) is 2.47. The lowest BCUT2D eigenvalue weighted by Gasteiger charge is -2.37. The second-order valence-corrected chi connectivity index (χ2v) is 6.32. The summed E-state index contributed by atoms with van der Waals surface area (Å²) in [6, 6.07) is -0.725. The van der Waals surface area contributed by atoms with Crippen LogP contribution in [0.2, 0.25) is 0 Å². The Balaban J connectivity index is 1.94. The molecule has 0 aromatic rings. The van der Waals surface area contributed by atoms with E-state index in [4.69, 9.17) is 0 Å². The van der Waals surface area contributed by atoms with Gasteiger partial charge in [0.25, 0.3) is 0 Å². The maximum Gasteiger partial charge on any atom is 0.317 e. The first kappa shape index (κ1) is 16.1. The fourth-order valence-electron chi connectivity index (χ4n) is 3.55. The first-order chi connectivity index (χ1) is 10.0. The molecule has 2 rings (SSSR count). The molecule has 2 fully saturated rings. The van der Waals surface area contributed by atoms with Crippen LogP contribution in [0.15, 0.2) is 0 Å². The number of carbonyl (C=O) groups is 2. The molecule has 2 aliphatic carbocycles. The smallest absolute Gasteiger partial charge is 0.317 e. The van der Waals surface area contributed by atoms with Crippen LogP contribution in [0.3, 0.4) is 0 Å². The van der Waals surface area contributed by atoms with E-state index in [1.165, 1.54) is 0 Å². The van der Waals surface area contributed by atoms with Crippen molar-refractivity contribution < 1.29 is 19.8 Å². The number of urea groups is 1. The molecular weight excluding hydrogens is 272 g/mol. The van der Waals surface area contributed by atoms with Crippen molar-refractivity contribution in [3.63, 3.8) is 0 Å². The van der Waals surface area contributed by atoms with E-state index in [9.17, 15) is 19.8 Å². The van der Waals surface area contributed by atoms with Gasteiger partial charge in [-0.3, -0.25) is 4.79 Å². The number of carbonyl (C=O) groups excluding carboxylic acids is 1. The number of aliphatic hydroxyl groups excluding tert-OH is 1. The van der Waals surface area contributed by atoms with Crippen LogP contribution < -0.4 is 5.32 Å². The molecule has 6 nitrogen and oxygen atoms in total. The van der Waals surface area contributed by atoms with Gasteiger partial charge in [-0.2, -0.15) is 0 Å². The number of hydrogen-bond acceptors (Lipinski definition) is 3. The Labute approximate surface area is 125 Å². The first-order valence-corrected chi connectivity index (χ1v) is 7.95. The van der Waals surface area contributed by atoms with Gasteiger partial charge in [-0.15, -0.1) is 0 Å². The molecule has 0 saturated heterocycles. The molecule has 120 valence electrons. The molecule has 3 N–H and O–H groups in total. The quantitative estimate of drug-likeness (QED) is 0.738. The maximum absolute atomic E-state index is 12.3. The van der Waals surface area contributed by atoms with E-state index in [-0.39, 0.29) is 18.1 Å². The molecular formula is C15H26N2O4. The van der Waals surface area contributed by atoms with Gasteiger partial charge in [0.2, 0.25) is 0 Å². The van der Waals surface area contributed by atoms with E-state index < -0.39 is 18.0 Å². The van der Waals surface area contributed by atoms with Crippen LogP contribution in [0.25, 0.3) is 0 Å². The highest BCUT2D eigenvalue weighted by Gasteiger charge is 2.34. The zero-order valence-electron chi connectivity index (χ0n) is 12.6. The van der Waals surface area contributed by atoms with Gasteiger partial charge < -0.3 is 20.4 Å². The van der Waals surface area contributed by atoms with Gasteiger partial charge in [-0.25, -0.2) is 4.79 Å². The number of nitrogens with one attached hydrogen (secondary N) is 1. The second kappa shape index (κ2) is 7.11. The molecule has 0 heterocycles. The third kappa shape index (κ3) is 3.87.